The fourth-order valence-corrected chi connectivity index (χ4v) is 12.0. The van der Waals surface area contributed by atoms with Crippen molar-refractivity contribution in [1.82, 2.24) is 0 Å². The van der Waals surface area contributed by atoms with Crippen LogP contribution in [0, 0.1) is 46.3 Å². The maximum atomic E-state index is 13.4. The van der Waals surface area contributed by atoms with Crippen LogP contribution in [0.2, 0.25) is 0 Å². The first-order valence-corrected chi connectivity index (χ1v) is 24.3. The molecule has 0 aromatic rings. The Balaban J connectivity index is 1.51. The van der Waals surface area contributed by atoms with E-state index in [-0.39, 0.29) is 148 Å². The second kappa shape index (κ2) is 25.4. The van der Waals surface area contributed by atoms with E-state index in [1.807, 2.05) is 6.92 Å². The molecule has 0 bridgehead atoms. The molecule has 0 aliphatic heterocycles. The van der Waals surface area contributed by atoms with Crippen LogP contribution in [0.1, 0.15) is 163 Å². The van der Waals surface area contributed by atoms with E-state index in [2.05, 4.69) is 27.7 Å². The summed E-state index contributed by atoms with van der Waals surface area (Å²) in [6.07, 6.45) is 9.74. The van der Waals surface area contributed by atoms with E-state index in [1.54, 1.807) is 0 Å². The van der Waals surface area contributed by atoms with Crippen molar-refractivity contribution in [1.29, 1.82) is 0 Å². The molecule has 0 aromatic carbocycles. The number of esters is 6. The van der Waals surface area contributed by atoms with Crippen molar-refractivity contribution in [3.63, 3.8) is 0 Å². The number of nitrogens with two attached hydrogens (primary N) is 3. The SMILES string of the molecule is CCCCCC(=O)OCC(COC(=O)CC[C@@H](C)[C@H]1CC[C@H]2C3[C@H](OC(=O)CCN)CC4C[C@H](OC(=O)CCN)CC[C@]4(C)[C@H]3C[C@H](OC(=O)CCN)[C@]12C)OC(=O)CCCCC. The minimum Gasteiger partial charge on any atom is -0.462 e. The first-order valence-electron chi connectivity index (χ1n) is 24.3. The Bertz CT molecular complexity index is 1510. The van der Waals surface area contributed by atoms with Gasteiger partial charge in [0, 0.05) is 50.2 Å². The molecule has 4 rings (SSSR count). The molecule has 0 radical (unpaired) electrons. The van der Waals surface area contributed by atoms with E-state index in [0.717, 1.165) is 44.9 Å². The van der Waals surface area contributed by atoms with Crippen LogP contribution in [0.25, 0.3) is 0 Å². The second-order valence-electron chi connectivity index (χ2n) is 19.4. The van der Waals surface area contributed by atoms with E-state index in [0.29, 0.717) is 44.9 Å². The summed E-state index contributed by atoms with van der Waals surface area (Å²) in [5.74, 6) is -1.89. The molecule has 6 N–H and O–H groups in total. The highest BCUT2D eigenvalue weighted by Crippen LogP contribution is 2.69. The van der Waals surface area contributed by atoms with Crippen LogP contribution in [0.3, 0.4) is 0 Å². The fourth-order valence-electron chi connectivity index (χ4n) is 12.0. The van der Waals surface area contributed by atoms with Gasteiger partial charge in [-0.25, -0.2) is 0 Å². The maximum absolute atomic E-state index is 13.4. The molecule has 15 heteroatoms. The number of unbranched alkanes of at least 4 members (excludes halogenated alkanes) is 4. The van der Waals surface area contributed by atoms with Gasteiger partial charge in [-0.15, -0.1) is 0 Å². The lowest BCUT2D eigenvalue weighted by Gasteiger charge is -2.64. The summed E-state index contributed by atoms with van der Waals surface area (Å²) in [4.78, 5) is 77.5. The average Bonchev–Trinajstić information content (AvgIpc) is 3.60. The van der Waals surface area contributed by atoms with Gasteiger partial charge in [-0.05, 0) is 99.2 Å². The van der Waals surface area contributed by atoms with E-state index < -0.39 is 29.6 Å². The Hall–Kier alpha value is -3.30. The van der Waals surface area contributed by atoms with Crippen molar-refractivity contribution < 1.29 is 57.2 Å². The Morgan fingerprint density at radius 3 is 1.79 bits per heavy atom. The van der Waals surface area contributed by atoms with Crippen molar-refractivity contribution in [2.45, 2.75) is 187 Å². The Morgan fingerprint density at radius 2 is 1.19 bits per heavy atom. The zero-order valence-corrected chi connectivity index (χ0v) is 39.1. The van der Waals surface area contributed by atoms with Gasteiger partial charge >= 0.3 is 35.8 Å². The molecule has 0 amide bonds. The molecule has 360 valence electrons. The van der Waals surface area contributed by atoms with Crippen LogP contribution in [0.4, 0.5) is 0 Å². The van der Waals surface area contributed by atoms with Gasteiger partial charge in [0.2, 0.25) is 0 Å². The smallest absolute Gasteiger partial charge is 0.307 e. The third kappa shape index (κ3) is 14.1. The summed E-state index contributed by atoms with van der Waals surface area (Å²) < 4.78 is 35.5. The van der Waals surface area contributed by atoms with Crippen molar-refractivity contribution >= 4 is 35.8 Å². The molecular weight excluding hydrogens is 811 g/mol. The number of ether oxygens (including phenoxy) is 6. The lowest BCUT2D eigenvalue weighted by Crippen LogP contribution is -2.63. The molecule has 4 aliphatic rings. The van der Waals surface area contributed by atoms with Crippen molar-refractivity contribution in [2.24, 2.45) is 63.5 Å². The van der Waals surface area contributed by atoms with Gasteiger partial charge in [-0.1, -0.05) is 60.3 Å². The average molecular weight is 892 g/mol. The molecule has 4 fully saturated rings. The number of hydrogen-bond acceptors (Lipinski definition) is 15. The van der Waals surface area contributed by atoms with Gasteiger partial charge < -0.3 is 45.6 Å². The third-order valence-electron chi connectivity index (χ3n) is 15.3. The number of carbonyl (C=O) groups is 6. The summed E-state index contributed by atoms with van der Waals surface area (Å²) >= 11 is 0. The molecule has 0 spiro atoms. The van der Waals surface area contributed by atoms with Gasteiger partial charge in [0.1, 0.15) is 31.5 Å². The van der Waals surface area contributed by atoms with E-state index in [4.69, 9.17) is 45.6 Å². The zero-order chi connectivity index (χ0) is 46.2. The number of rotatable bonds is 26. The normalized spacial score (nSPS) is 30.7. The summed E-state index contributed by atoms with van der Waals surface area (Å²) in [6.45, 7) is 10.9. The first kappa shape index (κ1) is 52.3. The number of fused-ring (bicyclic) bond motifs is 5. The van der Waals surface area contributed by atoms with Crippen LogP contribution < -0.4 is 17.2 Å². The van der Waals surface area contributed by atoms with Crippen LogP contribution in [-0.2, 0) is 57.2 Å². The Morgan fingerprint density at radius 1 is 0.619 bits per heavy atom. The molecule has 0 aromatic heterocycles. The quantitative estimate of drug-likeness (QED) is 0.0497. The molecule has 12 atom stereocenters. The molecule has 0 heterocycles. The Kier molecular flexibility index (Phi) is 21.1. The maximum Gasteiger partial charge on any atom is 0.307 e. The fraction of sp³-hybridized carbons (Fsp3) is 0.875. The lowest BCUT2D eigenvalue weighted by molar-refractivity contribution is -0.225. The first-order chi connectivity index (χ1) is 30.1. The van der Waals surface area contributed by atoms with E-state index in [1.165, 1.54) is 0 Å². The minimum absolute atomic E-state index is 0.00306. The predicted octanol–water partition coefficient (Wildman–Crippen LogP) is 6.22. The van der Waals surface area contributed by atoms with Crippen molar-refractivity contribution in [3.8, 4) is 0 Å². The standard InChI is InChI=1S/C48H81N3O12/c1-6-8-10-12-40(52)58-29-34(61-42(54)13-11-9-7-2)30-59-41(53)17-14-31(3)35-15-16-36-46-37(28-39(48(35,36)5)63-45(57)21-25-51)47(4)22-18-33(60-43(55)19-23-49)26-32(47)27-38(46)62-44(56)20-24-50/h31-39,46H,6-30,49-51H2,1-5H3/t31-,32?,33-,34?,35-,36+,37+,38-,39+,46?,47+,48-/m1/s1. The van der Waals surface area contributed by atoms with Gasteiger partial charge in [-0.2, -0.15) is 0 Å². The second-order valence-corrected chi connectivity index (χ2v) is 19.4. The third-order valence-corrected chi connectivity index (χ3v) is 15.3. The highest BCUT2D eigenvalue weighted by atomic mass is 16.6. The summed E-state index contributed by atoms with van der Waals surface area (Å²) in [5, 5.41) is 0. The molecule has 0 saturated heterocycles. The molecular formula is C48H81N3O12. The zero-order valence-electron chi connectivity index (χ0n) is 39.1. The van der Waals surface area contributed by atoms with Gasteiger partial charge in [0.15, 0.2) is 6.10 Å². The summed E-state index contributed by atoms with van der Waals surface area (Å²) in [5.41, 5.74) is 16.6. The number of hydrogen-bond donors (Lipinski definition) is 3. The molecule has 15 nitrogen and oxygen atoms in total. The monoisotopic (exact) mass is 892 g/mol. The predicted molar refractivity (Wildman–Crippen MR) is 235 cm³/mol. The van der Waals surface area contributed by atoms with Crippen LogP contribution in [0.5, 0.6) is 0 Å². The molecule has 3 unspecified atom stereocenters. The van der Waals surface area contributed by atoms with Crippen LogP contribution in [0.15, 0.2) is 0 Å². The minimum atomic E-state index is -0.908. The highest BCUT2D eigenvalue weighted by molar-refractivity contribution is 5.72. The highest BCUT2D eigenvalue weighted by Gasteiger charge is 2.67. The number of carbonyl (C=O) groups excluding carboxylic acids is 6. The van der Waals surface area contributed by atoms with Gasteiger partial charge in [-0.3, -0.25) is 28.8 Å². The lowest BCUT2D eigenvalue weighted by atomic mass is 9.43. The summed E-state index contributed by atoms with van der Waals surface area (Å²) in [6, 6.07) is 0. The van der Waals surface area contributed by atoms with Crippen LogP contribution in [-0.4, -0.2) is 93.1 Å². The molecule has 63 heavy (non-hydrogen) atoms. The van der Waals surface area contributed by atoms with Crippen LogP contribution >= 0.6 is 0 Å². The van der Waals surface area contributed by atoms with Crippen molar-refractivity contribution in [3.05, 3.63) is 0 Å². The topological polar surface area (TPSA) is 236 Å². The van der Waals surface area contributed by atoms with E-state index >= 15 is 0 Å². The van der Waals surface area contributed by atoms with E-state index in [9.17, 15) is 28.8 Å². The molecule has 4 aliphatic carbocycles. The van der Waals surface area contributed by atoms with Gasteiger partial charge in [0.25, 0.3) is 0 Å². The Labute approximate surface area is 376 Å². The van der Waals surface area contributed by atoms with Crippen molar-refractivity contribution in [2.75, 3.05) is 32.8 Å². The largest absolute Gasteiger partial charge is 0.462 e. The summed E-state index contributed by atoms with van der Waals surface area (Å²) in [7, 11) is 0. The molecule has 4 saturated carbocycles. The van der Waals surface area contributed by atoms with Gasteiger partial charge in [0.05, 0.1) is 19.3 Å².